The van der Waals surface area contributed by atoms with Crippen molar-refractivity contribution < 1.29 is 9.53 Å². The topological polar surface area (TPSA) is 53.6 Å². The van der Waals surface area contributed by atoms with Gasteiger partial charge in [0.25, 0.3) is 0 Å². The van der Waals surface area contributed by atoms with E-state index in [-0.39, 0.29) is 6.03 Å². The molecule has 5 heteroatoms. The maximum Gasteiger partial charge on any atom is 0.319 e. The second kappa shape index (κ2) is 9.46. The fourth-order valence-electron chi connectivity index (χ4n) is 2.95. The molecule has 28 heavy (non-hydrogen) atoms. The Hall–Kier alpha value is -3.47. The molecular weight excluding hydrogens is 350 g/mol. The van der Waals surface area contributed by atoms with Gasteiger partial charge >= 0.3 is 6.03 Å². The molecule has 0 aliphatic carbocycles. The summed E-state index contributed by atoms with van der Waals surface area (Å²) in [6.45, 7) is 1.22. The van der Waals surface area contributed by atoms with Crippen molar-refractivity contribution in [2.24, 2.45) is 0 Å². The van der Waals surface area contributed by atoms with Crippen LogP contribution < -0.4 is 20.3 Å². The van der Waals surface area contributed by atoms with E-state index in [0.29, 0.717) is 6.54 Å². The maximum atomic E-state index is 12.2. The number of benzene rings is 3. The number of rotatable bonds is 7. The molecule has 0 atom stereocenters. The Kier molecular flexibility index (Phi) is 6.52. The minimum Gasteiger partial charge on any atom is -0.496 e. The van der Waals surface area contributed by atoms with E-state index in [1.54, 1.807) is 7.11 Å². The van der Waals surface area contributed by atoms with Crippen molar-refractivity contribution in [2.45, 2.75) is 13.1 Å². The number of para-hydroxylation sites is 1. The van der Waals surface area contributed by atoms with Crippen molar-refractivity contribution in [2.75, 3.05) is 24.4 Å². The van der Waals surface area contributed by atoms with E-state index in [9.17, 15) is 4.79 Å². The Balaban J connectivity index is 1.52. The predicted molar refractivity (Wildman–Crippen MR) is 114 cm³/mol. The van der Waals surface area contributed by atoms with Crippen molar-refractivity contribution in [3.63, 3.8) is 0 Å². The summed E-state index contributed by atoms with van der Waals surface area (Å²) in [5.41, 5.74) is 4.01. The molecule has 0 aliphatic rings. The van der Waals surface area contributed by atoms with Crippen molar-refractivity contribution >= 4 is 17.4 Å². The molecule has 0 saturated carbocycles. The third-order valence-corrected chi connectivity index (χ3v) is 4.46. The number of methoxy groups -OCH3 is 1. The summed E-state index contributed by atoms with van der Waals surface area (Å²) in [7, 11) is 3.67. The first-order valence-electron chi connectivity index (χ1n) is 9.17. The minimum absolute atomic E-state index is 0.253. The molecule has 3 aromatic rings. The number of ether oxygens (including phenoxy) is 1. The van der Waals surface area contributed by atoms with Crippen LogP contribution in [0.1, 0.15) is 11.1 Å². The molecule has 0 saturated heterocycles. The zero-order valence-corrected chi connectivity index (χ0v) is 16.2. The molecule has 0 aromatic heterocycles. The fourth-order valence-corrected chi connectivity index (χ4v) is 2.95. The molecule has 0 spiro atoms. The van der Waals surface area contributed by atoms with Crippen LogP contribution >= 0.6 is 0 Å². The van der Waals surface area contributed by atoms with Crippen LogP contribution in [0.4, 0.5) is 16.2 Å². The van der Waals surface area contributed by atoms with E-state index >= 15 is 0 Å². The van der Waals surface area contributed by atoms with Gasteiger partial charge in [-0.05, 0) is 35.9 Å². The van der Waals surface area contributed by atoms with Gasteiger partial charge in [-0.3, -0.25) is 0 Å². The molecule has 2 amide bonds. The van der Waals surface area contributed by atoms with Gasteiger partial charge < -0.3 is 20.3 Å². The number of hydrogen-bond acceptors (Lipinski definition) is 3. The van der Waals surface area contributed by atoms with Crippen molar-refractivity contribution in [3.8, 4) is 5.75 Å². The summed E-state index contributed by atoms with van der Waals surface area (Å²) in [6.07, 6.45) is 0. The Morgan fingerprint density at radius 2 is 1.61 bits per heavy atom. The van der Waals surface area contributed by atoms with Crippen molar-refractivity contribution in [3.05, 3.63) is 90.0 Å². The van der Waals surface area contributed by atoms with Gasteiger partial charge in [0.15, 0.2) is 0 Å². The van der Waals surface area contributed by atoms with Crippen LogP contribution in [0, 0.1) is 0 Å². The lowest BCUT2D eigenvalue weighted by atomic mass is 10.2. The average molecular weight is 375 g/mol. The summed E-state index contributed by atoms with van der Waals surface area (Å²) in [5.74, 6) is 0.758. The zero-order valence-electron chi connectivity index (χ0n) is 16.2. The van der Waals surface area contributed by atoms with E-state index in [4.69, 9.17) is 4.74 Å². The number of amides is 2. The van der Waals surface area contributed by atoms with Crippen LogP contribution in [0.15, 0.2) is 78.9 Å². The number of anilines is 2. The van der Waals surface area contributed by atoms with E-state index in [1.807, 2.05) is 66.7 Å². The quantitative estimate of drug-likeness (QED) is 0.632. The molecule has 3 rings (SSSR count). The highest BCUT2D eigenvalue weighted by atomic mass is 16.5. The van der Waals surface area contributed by atoms with Gasteiger partial charge in [0.05, 0.1) is 7.11 Å². The highest BCUT2D eigenvalue weighted by molar-refractivity contribution is 5.89. The summed E-state index contributed by atoms with van der Waals surface area (Å²) in [5, 5.41) is 5.71. The SMILES string of the molecule is COc1ccccc1CNC(=O)Nc1ccc(N(C)Cc2ccccc2)cc1. The predicted octanol–water partition coefficient (Wildman–Crippen LogP) is 4.65. The highest BCUT2D eigenvalue weighted by Crippen LogP contribution is 2.19. The highest BCUT2D eigenvalue weighted by Gasteiger charge is 2.06. The smallest absolute Gasteiger partial charge is 0.319 e. The van der Waals surface area contributed by atoms with Gasteiger partial charge in [-0.2, -0.15) is 0 Å². The monoisotopic (exact) mass is 375 g/mol. The molecule has 0 aliphatic heterocycles. The van der Waals surface area contributed by atoms with Crippen molar-refractivity contribution in [1.82, 2.24) is 5.32 Å². The number of nitrogens with zero attached hydrogens (tertiary/aromatic N) is 1. The Bertz CT molecular complexity index is 895. The maximum absolute atomic E-state index is 12.2. The van der Waals surface area contributed by atoms with Crippen LogP contribution in [0.3, 0.4) is 0 Å². The minimum atomic E-state index is -0.253. The van der Waals surface area contributed by atoms with Crippen LogP contribution in [0.25, 0.3) is 0 Å². The zero-order chi connectivity index (χ0) is 19.8. The molecule has 0 unspecified atom stereocenters. The lowest BCUT2D eigenvalue weighted by Crippen LogP contribution is -2.28. The molecular formula is C23H25N3O2. The number of hydrogen-bond donors (Lipinski definition) is 2. The molecule has 0 heterocycles. The summed E-state index contributed by atoms with van der Waals surface area (Å²) >= 11 is 0. The first-order valence-corrected chi connectivity index (χ1v) is 9.17. The Morgan fingerprint density at radius 3 is 2.32 bits per heavy atom. The number of carbonyl (C=O) groups excluding carboxylic acids is 1. The second-order valence-corrected chi connectivity index (χ2v) is 6.51. The average Bonchev–Trinajstić information content (AvgIpc) is 2.73. The lowest BCUT2D eigenvalue weighted by molar-refractivity contribution is 0.251. The summed E-state index contributed by atoms with van der Waals surface area (Å²) in [4.78, 5) is 14.3. The summed E-state index contributed by atoms with van der Waals surface area (Å²) < 4.78 is 5.30. The lowest BCUT2D eigenvalue weighted by Gasteiger charge is -2.20. The number of nitrogens with one attached hydrogen (secondary N) is 2. The first kappa shape index (κ1) is 19.3. The molecule has 2 N–H and O–H groups in total. The largest absolute Gasteiger partial charge is 0.496 e. The van der Waals surface area contributed by atoms with E-state index < -0.39 is 0 Å². The molecule has 5 nitrogen and oxygen atoms in total. The van der Waals surface area contributed by atoms with Crippen LogP contribution in [0.2, 0.25) is 0 Å². The summed E-state index contributed by atoms with van der Waals surface area (Å²) in [6, 6.07) is 25.5. The molecule has 0 radical (unpaired) electrons. The van der Waals surface area contributed by atoms with Crippen LogP contribution in [0.5, 0.6) is 5.75 Å². The number of urea groups is 1. The first-order chi connectivity index (χ1) is 13.7. The van der Waals surface area contributed by atoms with E-state index in [2.05, 4.69) is 34.7 Å². The van der Waals surface area contributed by atoms with Gasteiger partial charge in [-0.15, -0.1) is 0 Å². The fraction of sp³-hybridized carbons (Fsp3) is 0.174. The normalized spacial score (nSPS) is 10.2. The van der Waals surface area contributed by atoms with Gasteiger partial charge in [0, 0.05) is 37.1 Å². The van der Waals surface area contributed by atoms with Crippen LogP contribution in [-0.4, -0.2) is 20.2 Å². The molecule has 0 fully saturated rings. The third-order valence-electron chi connectivity index (χ3n) is 4.46. The van der Waals surface area contributed by atoms with Crippen molar-refractivity contribution in [1.29, 1.82) is 0 Å². The Morgan fingerprint density at radius 1 is 0.929 bits per heavy atom. The third kappa shape index (κ3) is 5.27. The molecule has 3 aromatic carbocycles. The van der Waals surface area contributed by atoms with E-state index in [0.717, 1.165) is 29.2 Å². The van der Waals surface area contributed by atoms with Crippen LogP contribution in [-0.2, 0) is 13.1 Å². The van der Waals surface area contributed by atoms with E-state index in [1.165, 1.54) is 5.56 Å². The molecule has 0 bridgehead atoms. The second-order valence-electron chi connectivity index (χ2n) is 6.51. The standard InChI is InChI=1S/C23H25N3O2/c1-26(17-18-8-4-3-5-9-18)21-14-12-20(13-15-21)25-23(27)24-16-19-10-6-7-11-22(19)28-2/h3-15H,16-17H2,1-2H3,(H2,24,25,27). The van der Waals surface area contributed by atoms with Gasteiger partial charge in [-0.25, -0.2) is 4.79 Å². The molecule has 144 valence electrons. The Labute approximate surface area is 166 Å². The van der Waals surface area contributed by atoms with Gasteiger partial charge in [0.1, 0.15) is 5.75 Å². The van der Waals surface area contributed by atoms with Gasteiger partial charge in [-0.1, -0.05) is 48.5 Å². The van der Waals surface area contributed by atoms with Gasteiger partial charge in [0.2, 0.25) is 0 Å². The number of carbonyl (C=O) groups is 1.